The molecular formula is C15H14Cl2. The second-order valence-electron chi connectivity index (χ2n) is 4.26. The van der Waals surface area contributed by atoms with Gasteiger partial charge in [0.25, 0.3) is 0 Å². The minimum absolute atomic E-state index is 0.119. The number of halogens is 2. The predicted octanol–water partition coefficient (Wildman–Crippen LogP) is 5.29. The maximum absolute atomic E-state index is 6.47. The van der Waals surface area contributed by atoms with Crippen molar-refractivity contribution < 1.29 is 0 Å². The van der Waals surface area contributed by atoms with Gasteiger partial charge in [-0.2, -0.15) is 0 Å². The number of alkyl halides is 1. The fraction of sp³-hybridized carbons (Fsp3) is 0.200. The summed E-state index contributed by atoms with van der Waals surface area (Å²) in [6.45, 7) is 4.20. The second-order valence-corrected chi connectivity index (χ2v) is 5.13. The van der Waals surface area contributed by atoms with Crippen LogP contribution in [0.15, 0.2) is 42.5 Å². The topological polar surface area (TPSA) is 0 Å². The summed E-state index contributed by atoms with van der Waals surface area (Å²) in [5, 5.41) is 0.615. The van der Waals surface area contributed by atoms with Gasteiger partial charge in [0.05, 0.1) is 5.38 Å². The van der Waals surface area contributed by atoms with Gasteiger partial charge >= 0.3 is 0 Å². The third-order valence-corrected chi connectivity index (χ3v) is 3.74. The van der Waals surface area contributed by atoms with Crippen LogP contribution in [0.5, 0.6) is 0 Å². The molecule has 0 aliphatic heterocycles. The van der Waals surface area contributed by atoms with E-state index in [9.17, 15) is 0 Å². The molecule has 0 aliphatic rings. The van der Waals surface area contributed by atoms with Crippen molar-refractivity contribution in [1.29, 1.82) is 0 Å². The van der Waals surface area contributed by atoms with Crippen molar-refractivity contribution in [3.8, 4) is 0 Å². The highest BCUT2D eigenvalue weighted by Crippen LogP contribution is 2.30. The SMILES string of the molecule is Cc1ccc(C(Cl)c2ccc(Cl)cc2)cc1C. The van der Waals surface area contributed by atoms with E-state index in [-0.39, 0.29) is 5.38 Å². The first-order valence-electron chi connectivity index (χ1n) is 5.54. The van der Waals surface area contributed by atoms with E-state index in [1.165, 1.54) is 11.1 Å². The zero-order chi connectivity index (χ0) is 12.4. The Hall–Kier alpha value is -0.980. The van der Waals surface area contributed by atoms with Gasteiger partial charge in [0, 0.05) is 5.02 Å². The van der Waals surface area contributed by atoms with Crippen LogP contribution in [0.3, 0.4) is 0 Å². The summed E-state index contributed by atoms with van der Waals surface area (Å²) in [5.41, 5.74) is 4.74. The minimum Gasteiger partial charge on any atom is -0.113 e. The minimum atomic E-state index is -0.119. The molecule has 0 saturated carbocycles. The van der Waals surface area contributed by atoms with Gasteiger partial charge < -0.3 is 0 Å². The van der Waals surface area contributed by atoms with Gasteiger partial charge in [-0.25, -0.2) is 0 Å². The van der Waals surface area contributed by atoms with Gasteiger partial charge in [-0.3, -0.25) is 0 Å². The van der Waals surface area contributed by atoms with Crippen molar-refractivity contribution in [1.82, 2.24) is 0 Å². The Balaban J connectivity index is 2.33. The van der Waals surface area contributed by atoms with Gasteiger partial charge in [0.2, 0.25) is 0 Å². The van der Waals surface area contributed by atoms with Crippen LogP contribution in [0.1, 0.15) is 27.6 Å². The average Bonchev–Trinajstić information content (AvgIpc) is 2.33. The van der Waals surface area contributed by atoms with E-state index in [0.717, 1.165) is 16.1 Å². The molecule has 2 rings (SSSR count). The zero-order valence-electron chi connectivity index (χ0n) is 9.87. The van der Waals surface area contributed by atoms with E-state index < -0.39 is 0 Å². The first-order valence-corrected chi connectivity index (χ1v) is 6.36. The van der Waals surface area contributed by atoms with Crippen molar-refractivity contribution in [3.05, 3.63) is 69.7 Å². The summed E-state index contributed by atoms with van der Waals surface area (Å²) >= 11 is 12.3. The van der Waals surface area contributed by atoms with E-state index in [2.05, 4.69) is 32.0 Å². The molecule has 0 spiro atoms. The van der Waals surface area contributed by atoms with Crippen LogP contribution in [0.4, 0.5) is 0 Å². The monoisotopic (exact) mass is 264 g/mol. The lowest BCUT2D eigenvalue weighted by Gasteiger charge is -2.12. The summed E-state index contributed by atoms with van der Waals surface area (Å²) in [5.74, 6) is 0. The Morgan fingerprint density at radius 2 is 1.41 bits per heavy atom. The van der Waals surface area contributed by atoms with E-state index in [1.54, 1.807) is 0 Å². The lowest BCUT2D eigenvalue weighted by atomic mass is 10.0. The van der Waals surface area contributed by atoms with Crippen molar-refractivity contribution in [2.45, 2.75) is 19.2 Å². The molecule has 17 heavy (non-hydrogen) atoms. The van der Waals surface area contributed by atoms with Crippen molar-refractivity contribution in [2.24, 2.45) is 0 Å². The molecule has 2 aromatic rings. The fourth-order valence-corrected chi connectivity index (χ4v) is 2.15. The van der Waals surface area contributed by atoms with Gasteiger partial charge in [-0.05, 0) is 48.2 Å². The van der Waals surface area contributed by atoms with Gasteiger partial charge in [-0.1, -0.05) is 41.9 Å². The number of aryl methyl sites for hydroxylation is 2. The van der Waals surface area contributed by atoms with Crippen LogP contribution in [-0.2, 0) is 0 Å². The van der Waals surface area contributed by atoms with Crippen LogP contribution in [0.2, 0.25) is 5.02 Å². The highest BCUT2D eigenvalue weighted by atomic mass is 35.5. The Labute approximate surface area is 112 Å². The molecule has 0 heterocycles. The highest BCUT2D eigenvalue weighted by molar-refractivity contribution is 6.30. The van der Waals surface area contributed by atoms with Crippen LogP contribution in [-0.4, -0.2) is 0 Å². The summed E-state index contributed by atoms with van der Waals surface area (Å²) < 4.78 is 0. The normalized spacial score (nSPS) is 12.5. The molecule has 1 atom stereocenters. The van der Waals surface area contributed by atoms with Gasteiger partial charge in [-0.15, -0.1) is 11.6 Å². The van der Waals surface area contributed by atoms with E-state index in [4.69, 9.17) is 23.2 Å². The Bertz CT molecular complexity index is 515. The number of rotatable bonds is 2. The maximum Gasteiger partial charge on any atom is 0.0835 e. The fourth-order valence-electron chi connectivity index (χ4n) is 1.75. The molecule has 0 saturated heterocycles. The number of hydrogen-bond donors (Lipinski definition) is 0. The van der Waals surface area contributed by atoms with Crippen molar-refractivity contribution in [3.63, 3.8) is 0 Å². The quantitative estimate of drug-likeness (QED) is 0.647. The Kier molecular flexibility index (Phi) is 3.76. The molecular weight excluding hydrogens is 251 g/mol. The van der Waals surface area contributed by atoms with Crippen molar-refractivity contribution >= 4 is 23.2 Å². The summed E-state index contributed by atoms with van der Waals surface area (Å²) in [7, 11) is 0. The number of benzene rings is 2. The van der Waals surface area contributed by atoms with E-state index in [1.807, 2.05) is 24.3 Å². The van der Waals surface area contributed by atoms with Crippen LogP contribution >= 0.6 is 23.2 Å². The van der Waals surface area contributed by atoms with Gasteiger partial charge in [0.1, 0.15) is 0 Å². The molecule has 2 heteroatoms. The first kappa shape index (κ1) is 12.5. The van der Waals surface area contributed by atoms with E-state index >= 15 is 0 Å². The molecule has 2 aromatic carbocycles. The smallest absolute Gasteiger partial charge is 0.0835 e. The summed E-state index contributed by atoms with van der Waals surface area (Å²) in [4.78, 5) is 0. The molecule has 0 aromatic heterocycles. The number of hydrogen-bond acceptors (Lipinski definition) is 0. The third-order valence-electron chi connectivity index (χ3n) is 2.99. The standard InChI is InChI=1S/C15H14Cl2/c1-10-3-4-13(9-11(10)2)15(17)12-5-7-14(16)8-6-12/h3-9,15H,1-2H3. The van der Waals surface area contributed by atoms with Crippen LogP contribution in [0, 0.1) is 13.8 Å². The molecule has 1 unspecified atom stereocenters. The van der Waals surface area contributed by atoms with Crippen LogP contribution in [0.25, 0.3) is 0 Å². The first-order chi connectivity index (χ1) is 8.08. The summed E-state index contributed by atoms with van der Waals surface area (Å²) in [6, 6.07) is 14.0. The molecule has 0 aliphatic carbocycles. The molecule has 0 nitrogen and oxygen atoms in total. The Morgan fingerprint density at radius 3 is 2.00 bits per heavy atom. The zero-order valence-corrected chi connectivity index (χ0v) is 11.4. The molecule has 0 fully saturated rings. The lowest BCUT2D eigenvalue weighted by Crippen LogP contribution is -1.94. The second kappa shape index (κ2) is 5.12. The summed E-state index contributed by atoms with van der Waals surface area (Å²) in [6.07, 6.45) is 0. The average molecular weight is 265 g/mol. The molecule has 0 amide bonds. The molecule has 0 N–H and O–H groups in total. The highest BCUT2D eigenvalue weighted by Gasteiger charge is 2.11. The molecule has 88 valence electrons. The molecule has 0 bridgehead atoms. The third kappa shape index (κ3) is 2.83. The van der Waals surface area contributed by atoms with Crippen LogP contribution < -0.4 is 0 Å². The van der Waals surface area contributed by atoms with Gasteiger partial charge in [0.15, 0.2) is 0 Å². The van der Waals surface area contributed by atoms with E-state index in [0.29, 0.717) is 0 Å². The lowest BCUT2D eigenvalue weighted by molar-refractivity contribution is 1.12. The van der Waals surface area contributed by atoms with Crippen molar-refractivity contribution in [2.75, 3.05) is 0 Å². The Morgan fingerprint density at radius 1 is 0.824 bits per heavy atom. The largest absolute Gasteiger partial charge is 0.113 e. The maximum atomic E-state index is 6.47. The predicted molar refractivity (Wildman–Crippen MR) is 75.1 cm³/mol. The molecule has 0 radical (unpaired) electrons.